The van der Waals surface area contributed by atoms with Gasteiger partial charge < -0.3 is 20.4 Å². The summed E-state index contributed by atoms with van der Waals surface area (Å²) in [6, 6.07) is 15.3. The first-order valence-corrected chi connectivity index (χ1v) is 11.1. The van der Waals surface area contributed by atoms with Crippen molar-refractivity contribution in [1.82, 2.24) is 10.2 Å². The number of carbonyl (C=O) groups excluding carboxylic acids is 2. The number of quaternary nitrogens is 1. The van der Waals surface area contributed by atoms with Crippen molar-refractivity contribution in [1.29, 1.82) is 0 Å². The fourth-order valence-electron chi connectivity index (χ4n) is 4.49. The highest BCUT2D eigenvalue weighted by molar-refractivity contribution is 5.99. The van der Waals surface area contributed by atoms with Crippen LogP contribution < -0.4 is 15.5 Å². The van der Waals surface area contributed by atoms with Gasteiger partial charge in [-0.05, 0) is 30.7 Å². The van der Waals surface area contributed by atoms with Gasteiger partial charge in [-0.3, -0.25) is 9.59 Å². The number of anilines is 1. The average Bonchev–Trinajstić information content (AvgIpc) is 3.37. The second-order valence-corrected chi connectivity index (χ2v) is 8.18. The molecule has 0 aromatic heterocycles. The van der Waals surface area contributed by atoms with E-state index in [1.54, 1.807) is 4.90 Å². The third-order valence-corrected chi connectivity index (χ3v) is 6.03. The lowest BCUT2D eigenvalue weighted by Crippen LogP contribution is -3.10. The number of amides is 2. The molecule has 0 radical (unpaired) electrons. The summed E-state index contributed by atoms with van der Waals surface area (Å²) in [6.45, 7) is 6.86. The van der Waals surface area contributed by atoms with E-state index in [-0.39, 0.29) is 18.0 Å². The number of benzene rings is 2. The zero-order valence-electron chi connectivity index (χ0n) is 17.6. The van der Waals surface area contributed by atoms with Crippen molar-refractivity contribution >= 4 is 17.5 Å². The molecule has 1 atom stereocenters. The van der Waals surface area contributed by atoms with E-state index in [4.69, 9.17) is 0 Å². The van der Waals surface area contributed by atoms with Crippen molar-refractivity contribution < 1.29 is 14.5 Å². The Bertz CT molecular complexity index is 908. The molecule has 1 saturated heterocycles. The van der Waals surface area contributed by atoms with Gasteiger partial charge in [0.1, 0.15) is 6.17 Å². The minimum atomic E-state index is -0.217. The number of hydrogen-bond acceptors (Lipinski definition) is 3. The zero-order valence-corrected chi connectivity index (χ0v) is 17.6. The summed E-state index contributed by atoms with van der Waals surface area (Å²) in [6.07, 6.45) is 3.25. The maximum atomic E-state index is 12.8. The molecular formula is C24H31N4O2+. The maximum absolute atomic E-state index is 12.8. The smallest absolute Gasteiger partial charge is 0.256 e. The van der Waals surface area contributed by atoms with E-state index in [0.717, 1.165) is 29.8 Å². The van der Waals surface area contributed by atoms with Crippen LogP contribution in [0, 0.1) is 0 Å². The Morgan fingerprint density at radius 2 is 1.93 bits per heavy atom. The van der Waals surface area contributed by atoms with Crippen LogP contribution in [0.3, 0.4) is 0 Å². The van der Waals surface area contributed by atoms with Crippen LogP contribution in [0.4, 0.5) is 5.69 Å². The summed E-state index contributed by atoms with van der Waals surface area (Å²) >= 11 is 0. The van der Waals surface area contributed by atoms with Gasteiger partial charge in [-0.2, -0.15) is 0 Å². The molecule has 0 bridgehead atoms. The SMILES string of the molecule is CCCN1C(=O)c2ccccc2[C@@H]1Nc1cccc(C(=O)NCC[NH+]2CCCC2)c1. The lowest BCUT2D eigenvalue weighted by molar-refractivity contribution is -0.886. The standard InChI is InChI=1S/C24H30N4O2/c1-2-13-28-22(20-10-3-4-11-21(20)24(28)30)26-19-9-7-8-18(17-19)23(29)25-12-16-27-14-5-6-15-27/h3-4,7-11,17,22,26H,2,5-6,12-16H2,1H3,(H,25,29)/p+1/t22-/m1/s1. The van der Waals surface area contributed by atoms with Gasteiger partial charge >= 0.3 is 0 Å². The fraction of sp³-hybridized carbons (Fsp3) is 0.417. The van der Waals surface area contributed by atoms with Crippen LogP contribution in [-0.2, 0) is 0 Å². The van der Waals surface area contributed by atoms with Crippen molar-refractivity contribution in [2.45, 2.75) is 32.4 Å². The van der Waals surface area contributed by atoms with E-state index in [0.29, 0.717) is 18.7 Å². The Hall–Kier alpha value is -2.86. The highest BCUT2D eigenvalue weighted by Gasteiger charge is 2.35. The van der Waals surface area contributed by atoms with Crippen LogP contribution in [0.5, 0.6) is 0 Å². The molecule has 4 rings (SSSR count). The Balaban J connectivity index is 1.44. The van der Waals surface area contributed by atoms with Crippen LogP contribution in [-0.4, -0.2) is 49.4 Å². The second-order valence-electron chi connectivity index (χ2n) is 8.18. The lowest BCUT2D eigenvalue weighted by Gasteiger charge is -2.27. The third kappa shape index (κ3) is 4.33. The Labute approximate surface area is 178 Å². The van der Waals surface area contributed by atoms with Crippen molar-refractivity contribution in [3.63, 3.8) is 0 Å². The molecule has 0 saturated carbocycles. The second kappa shape index (κ2) is 9.30. The van der Waals surface area contributed by atoms with E-state index >= 15 is 0 Å². The number of fused-ring (bicyclic) bond motifs is 1. The first-order valence-electron chi connectivity index (χ1n) is 11.1. The Morgan fingerprint density at radius 3 is 2.73 bits per heavy atom. The van der Waals surface area contributed by atoms with Crippen LogP contribution >= 0.6 is 0 Å². The molecule has 2 heterocycles. The van der Waals surface area contributed by atoms with Gasteiger partial charge in [0.15, 0.2) is 0 Å². The molecule has 2 aromatic rings. The highest BCUT2D eigenvalue weighted by Crippen LogP contribution is 2.34. The largest absolute Gasteiger partial charge is 0.361 e. The first-order chi connectivity index (χ1) is 14.7. The number of rotatable bonds is 8. The molecule has 0 unspecified atom stereocenters. The number of carbonyl (C=O) groups is 2. The van der Waals surface area contributed by atoms with Gasteiger partial charge in [0, 0.05) is 41.8 Å². The predicted molar refractivity (Wildman–Crippen MR) is 118 cm³/mol. The molecule has 1 fully saturated rings. The van der Waals surface area contributed by atoms with Gasteiger partial charge in [-0.15, -0.1) is 0 Å². The molecule has 0 aliphatic carbocycles. The summed E-state index contributed by atoms with van der Waals surface area (Å²) in [4.78, 5) is 28.9. The molecule has 2 aromatic carbocycles. The average molecular weight is 408 g/mol. The van der Waals surface area contributed by atoms with Gasteiger partial charge in [-0.25, -0.2) is 0 Å². The first kappa shape index (κ1) is 20.4. The van der Waals surface area contributed by atoms with Gasteiger partial charge in [-0.1, -0.05) is 31.2 Å². The number of nitrogens with one attached hydrogen (secondary N) is 3. The van der Waals surface area contributed by atoms with E-state index in [1.807, 2.05) is 53.4 Å². The zero-order chi connectivity index (χ0) is 20.9. The Kier molecular flexibility index (Phi) is 6.33. The van der Waals surface area contributed by atoms with Gasteiger partial charge in [0.05, 0.1) is 26.2 Å². The molecule has 3 N–H and O–H groups in total. The third-order valence-electron chi connectivity index (χ3n) is 6.03. The molecule has 30 heavy (non-hydrogen) atoms. The summed E-state index contributed by atoms with van der Waals surface area (Å²) in [7, 11) is 0. The molecule has 6 nitrogen and oxygen atoms in total. The van der Waals surface area contributed by atoms with E-state index < -0.39 is 0 Å². The number of likely N-dealkylation sites (tertiary alicyclic amines) is 1. The molecular weight excluding hydrogens is 376 g/mol. The molecule has 0 spiro atoms. The summed E-state index contributed by atoms with van der Waals surface area (Å²) in [5, 5.41) is 6.53. The Morgan fingerprint density at radius 1 is 1.13 bits per heavy atom. The van der Waals surface area contributed by atoms with E-state index in [2.05, 4.69) is 17.6 Å². The summed E-state index contributed by atoms with van der Waals surface area (Å²) in [5.74, 6) is 0.00817. The number of nitrogens with zero attached hydrogens (tertiary/aromatic N) is 1. The maximum Gasteiger partial charge on any atom is 0.256 e. The summed E-state index contributed by atoms with van der Waals surface area (Å²) < 4.78 is 0. The van der Waals surface area contributed by atoms with Crippen molar-refractivity contribution in [3.05, 3.63) is 65.2 Å². The minimum absolute atomic E-state index is 0.0504. The molecule has 158 valence electrons. The van der Waals surface area contributed by atoms with Crippen molar-refractivity contribution in [2.75, 3.05) is 38.0 Å². The topological polar surface area (TPSA) is 65.9 Å². The molecule has 2 amide bonds. The van der Waals surface area contributed by atoms with Crippen LogP contribution in [0.25, 0.3) is 0 Å². The summed E-state index contributed by atoms with van der Waals surface area (Å²) in [5.41, 5.74) is 3.21. The quantitative estimate of drug-likeness (QED) is 0.628. The highest BCUT2D eigenvalue weighted by atomic mass is 16.2. The van der Waals surface area contributed by atoms with Gasteiger partial charge in [0.2, 0.25) is 0 Å². The van der Waals surface area contributed by atoms with Crippen LogP contribution in [0.15, 0.2) is 48.5 Å². The van der Waals surface area contributed by atoms with E-state index in [1.165, 1.54) is 25.9 Å². The number of hydrogen-bond donors (Lipinski definition) is 3. The normalized spacial score (nSPS) is 18.5. The van der Waals surface area contributed by atoms with E-state index in [9.17, 15) is 9.59 Å². The van der Waals surface area contributed by atoms with Crippen molar-refractivity contribution in [3.8, 4) is 0 Å². The predicted octanol–water partition coefficient (Wildman–Crippen LogP) is 2.07. The van der Waals surface area contributed by atoms with Crippen molar-refractivity contribution in [2.24, 2.45) is 0 Å². The monoisotopic (exact) mass is 407 g/mol. The molecule has 2 aliphatic rings. The lowest BCUT2D eigenvalue weighted by atomic mass is 10.1. The molecule has 6 heteroatoms. The van der Waals surface area contributed by atoms with Crippen LogP contribution in [0.1, 0.15) is 58.6 Å². The fourth-order valence-corrected chi connectivity index (χ4v) is 4.49. The minimum Gasteiger partial charge on any atom is -0.361 e. The molecule has 2 aliphatic heterocycles. The van der Waals surface area contributed by atoms with Gasteiger partial charge in [0.25, 0.3) is 11.8 Å². The van der Waals surface area contributed by atoms with Crippen LogP contribution in [0.2, 0.25) is 0 Å².